The minimum atomic E-state index is -0.233. The summed E-state index contributed by atoms with van der Waals surface area (Å²) in [6, 6.07) is 7.53. The number of aromatic nitrogens is 2. The minimum Gasteiger partial charge on any atom is -0.271 e. The van der Waals surface area contributed by atoms with Crippen molar-refractivity contribution in [3.05, 3.63) is 30.6 Å². The molecule has 2 aromatic rings. The van der Waals surface area contributed by atoms with Crippen LogP contribution in [0, 0.1) is 0 Å². The molecule has 1 aromatic heterocycles. The first-order chi connectivity index (χ1) is 6.27. The Balaban J connectivity index is 2.51. The van der Waals surface area contributed by atoms with Crippen LogP contribution in [0.5, 0.6) is 0 Å². The first kappa shape index (κ1) is 7.79. The zero-order valence-electron chi connectivity index (χ0n) is 7.14. The number of carbonyl (C=O) groups is 1. The van der Waals surface area contributed by atoms with Crippen LogP contribution in [-0.4, -0.2) is 15.6 Å². The molecule has 0 saturated heterocycles. The number of fused-ring (bicyclic) bond motifs is 1. The lowest BCUT2D eigenvalue weighted by Gasteiger charge is -1.98. The van der Waals surface area contributed by atoms with Crippen molar-refractivity contribution < 1.29 is 4.79 Å². The molecule has 1 aromatic carbocycles. The van der Waals surface area contributed by atoms with E-state index in [-0.39, 0.29) is 5.91 Å². The van der Waals surface area contributed by atoms with E-state index in [1.807, 2.05) is 24.3 Å². The van der Waals surface area contributed by atoms with Crippen LogP contribution < -0.4 is 5.43 Å². The molecule has 65 valence electrons. The van der Waals surface area contributed by atoms with Crippen LogP contribution >= 0.6 is 0 Å². The standard InChI is InChI=1S/C9H8N3O/c1-7(13)11-12-6-10-8-4-2-3-5-9(8)12/h2-6H,1H3. The molecule has 0 aliphatic carbocycles. The first-order valence-corrected chi connectivity index (χ1v) is 3.92. The highest BCUT2D eigenvalue weighted by Crippen LogP contribution is 2.09. The van der Waals surface area contributed by atoms with E-state index < -0.39 is 0 Å². The molecule has 0 aliphatic rings. The maximum Gasteiger partial charge on any atom is 0.260 e. The van der Waals surface area contributed by atoms with Gasteiger partial charge in [-0.15, -0.1) is 5.43 Å². The highest BCUT2D eigenvalue weighted by Gasteiger charge is 2.02. The van der Waals surface area contributed by atoms with Crippen molar-refractivity contribution in [1.82, 2.24) is 15.1 Å². The maximum atomic E-state index is 10.7. The van der Waals surface area contributed by atoms with E-state index in [9.17, 15) is 4.79 Å². The van der Waals surface area contributed by atoms with Gasteiger partial charge in [-0.05, 0) is 12.1 Å². The average Bonchev–Trinajstić information content (AvgIpc) is 2.48. The molecule has 0 aliphatic heterocycles. The first-order valence-electron chi connectivity index (χ1n) is 3.92. The van der Waals surface area contributed by atoms with Gasteiger partial charge in [-0.2, -0.15) is 0 Å². The summed E-state index contributed by atoms with van der Waals surface area (Å²) < 4.78 is 1.48. The molecule has 4 nitrogen and oxygen atoms in total. The SMILES string of the molecule is CC(=O)[N]n1cnc2ccccc21. The zero-order valence-corrected chi connectivity index (χ0v) is 7.14. The highest BCUT2D eigenvalue weighted by atomic mass is 16.2. The number of rotatable bonds is 1. The number of para-hydroxylation sites is 2. The number of nitrogens with zero attached hydrogens (tertiary/aromatic N) is 3. The molecule has 2 rings (SSSR count). The summed E-state index contributed by atoms with van der Waals surface area (Å²) >= 11 is 0. The third-order valence-electron chi connectivity index (χ3n) is 1.68. The van der Waals surface area contributed by atoms with Crippen molar-refractivity contribution in [2.24, 2.45) is 0 Å². The van der Waals surface area contributed by atoms with Crippen LogP contribution in [0.15, 0.2) is 30.6 Å². The molecule has 0 N–H and O–H groups in total. The van der Waals surface area contributed by atoms with E-state index in [4.69, 9.17) is 0 Å². The van der Waals surface area contributed by atoms with Crippen molar-refractivity contribution in [1.29, 1.82) is 0 Å². The van der Waals surface area contributed by atoms with Crippen molar-refractivity contribution in [2.45, 2.75) is 6.92 Å². The molecule has 1 amide bonds. The van der Waals surface area contributed by atoms with Gasteiger partial charge in [-0.1, -0.05) is 12.1 Å². The van der Waals surface area contributed by atoms with Crippen molar-refractivity contribution in [3.8, 4) is 0 Å². The van der Waals surface area contributed by atoms with Gasteiger partial charge in [0.1, 0.15) is 6.33 Å². The van der Waals surface area contributed by atoms with Crippen LogP contribution in [0.4, 0.5) is 0 Å². The highest BCUT2D eigenvalue weighted by molar-refractivity contribution is 5.78. The van der Waals surface area contributed by atoms with E-state index in [1.54, 1.807) is 0 Å². The number of benzene rings is 1. The second kappa shape index (κ2) is 2.90. The van der Waals surface area contributed by atoms with E-state index in [2.05, 4.69) is 10.4 Å². The Morgan fingerprint density at radius 3 is 3.00 bits per heavy atom. The van der Waals surface area contributed by atoms with Gasteiger partial charge < -0.3 is 0 Å². The van der Waals surface area contributed by atoms with Crippen molar-refractivity contribution in [3.63, 3.8) is 0 Å². The van der Waals surface area contributed by atoms with Crippen LogP contribution in [0.3, 0.4) is 0 Å². The molecule has 0 atom stereocenters. The van der Waals surface area contributed by atoms with Crippen molar-refractivity contribution >= 4 is 16.9 Å². The van der Waals surface area contributed by atoms with Gasteiger partial charge in [0.2, 0.25) is 0 Å². The normalized spacial score (nSPS) is 10.2. The molecular formula is C9H8N3O. The molecule has 1 radical (unpaired) electrons. The van der Waals surface area contributed by atoms with Crippen LogP contribution in [0.2, 0.25) is 0 Å². The summed E-state index contributed by atoms with van der Waals surface area (Å²) in [7, 11) is 0. The largest absolute Gasteiger partial charge is 0.271 e. The molecular weight excluding hydrogens is 166 g/mol. The minimum absolute atomic E-state index is 0.233. The Bertz CT molecular complexity index is 447. The van der Waals surface area contributed by atoms with Gasteiger partial charge in [0.25, 0.3) is 5.91 Å². The molecule has 4 heteroatoms. The third-order valence-corrected chi connectivity index (χ3v) is 1.68. The second-order valence-electron chi connectivity index (χ2n) is 2.70. The quantitative estimate of drug-likeness (QED) is 0.646. The molecule has 0 spiro atoms. The third kappa shape index (κ3) is 1.38. The Labute approximate surface area is 75.2 Å². The van der Waals surface area contributed by atoms with Gasteiger partial charge in [0.15, 0.2) is 0 Å². The summed E-state index contributed by atoms with van der Waals surface area (Å²) in [6.07, 6.45) is 1.53. The number of amides is 1. The predicted octanol–water partition coefficient (Wildman–Crippen LogP) is 0.950. The summed E-state index contributed by atoms with van der Waals surface area (Å²) in [5.41, 5.74) is 5.45. The van der Waals surface area contributed by atoms with E-state index in [0.29, 0.717) is 0 Å². The van der Waals surface area contributed by atoms with Crippen LogP contribution in [-0.2, 0) is 4.79 Å². The monoisotopic (exact) mass is 174 g/mol. The lowest BCUT2D eigenvalue weighted by molar-refractivity contribution is -0.120. The Hall–Kier alpha value is -1.84. The van der Waals surface area contributed by atoms with Crippen LogP contribution in [0.1, 0.15) is 6.92 Å². The summed E-state index contributed by atoms with van der Waals surface area (Å²) in [5, 5.41) is 0. The zero-order chi connectivity index (χ0) is 9.26. The predicted molar refractivity (Wildman–Crippen MR) is 47.9 cm³/mol. The molecule has 13 heavy (non-hydrogen) atoms. The van der Waals surface area contributed by atoms with Crippen molar-refractivity contribution in [2.75, 3.05) is 0 Å². The lowest BCUT2D eigenvalue weighted by Crippen LogP contribution is -2.16. The second-order valence-corrected chi connectivity index (χ2v) is 2.70. The van der Waals surface area contributed by atoms with Gasteiger partial charge in [-0.3, -0.25) is 4.79 Å². The molecule has 0 fully saturated rings. The molecule has 1 heterocycles. The molecule has 0 bridgehead atoms. The van der Waals surface area contributed by atoms with Crippen LogP contribution in [0.25, 0.3) is 11.0 Å². The van der Waals surface area contributed by atoms with E-state index >= 15 is 0 Å². The topological polar surface area (TPSA) is 49.0 Å². The van der Waals surface area contributed by atoms with Gasteiger partial charge in [0, 0.05) is 6.92 Å². The fourth-order valence-corrected chi connectivity index (χ4v) is 1.18. The van der Waals surface area contributed by atoms with E-state index in [1.165, 1.54) is 17.9 Å². The van der Waals surface area contributed by atoms with E-state index in [0.717, 1.165) is 11.0 Å². The summed E-state index contributed by atoms with van der Waals surface area (Å²) in [4.78, 5) is 14.8. The van der Waals surface area contributed by atoms with Gasteiger partial charge in [0.05, 0.1) is 11.0 Å². The number of hydrogen-bond donors (Lipinski definition) is 0. The Kier molecular flexibility index (Phi) is 1.73. The summed E-state index contributed by atoms with van der Waals surface area (Å²) in [5.74, 6) is -0.233. The molecule has 0 unspecified atom stereocenters. The Morgan fingerprint density at radius 1 is 1.46 bits per heavy atom. The maximum absolute atomic E-state index is 10.7. The van der Waals surface area contributed by atoms with Gasteiger partial charge in [-0.25, -0.2) is 9.66 Å². The number of imidazole rings is 1. The fourth-order valence-electron chi connectivity index (χ4n) is 1.18. The molecule has 0 saturated carbocycles. The Morgan fingerprint density at radius 2 is 2.23 bits per heavy atom. The number of carbonyl (C=O) groups excluding carboxylic acids is 1. The lowest BCUT2D eigenvalue weighted by atomic mass is 10.3. The summed E-state index contributed by atoms with van der Waals surface area (Å²) in [6.45, 7) is 1.41. The number of hydrogen-bond acceptors (Lipinski definition) is 2. The van der Waals surface area contributed by atoms with Gasteiger partial charge >= 0.3 is 0 Å². The average molecular weight is 174 g/mol. The smallest absolute Gasteiger partial charge is 0.260 e. The fraction of sp³-hybridized carbons (Fsp3) is 0.111.